The van der Waals surface area contributed by atoms with Gasteiger partial charge in [0.25, 0.3) is 0 Å². The molecular weight excluding hydrogens is 378 g/mol. The number of nitrogens with one attached hydrogen (secondary N) is 1. The van der Waals surface area contributed by atoms with E-state index in [0.29, 0.717) is 31.1 Å². The molecule has 154 valence electrons. The summed E-state index contributed by atoms with van der Waals surface area (Å²) < 4.78 is 17.5. The molecule has 0 unspecified atom stereocenters. The minimum atomic E-state index is -0.0945. The summed E-state index contributed by atoms with van der Waals surface area (Å²) in [6.07, 6.45) is 0.362. The molecule has 3 aromatic carbocycles. The van der Waals surface area contributed by atoms with Crippen molar-refractivity contribution in [1.29, 1.82) is 0 Å². The molecule has 1 atom stereocenters. The molecule has 1 aliphatic rings. The van der Waals surface area contributed by atoms with E-state index in [4.69, 9.17) is 14.2 Å². The van der Waals surface area contributed by atoms with E-state index < -0.39 is 0 Å². The molecule has 0 saturated heterocycles. The molecule has 30 heavy (non-hydrogen) atoms. The maximum absolute atomic E-state index is 12.5. The third-order valence-electron chi connectivity index (χ3n) is 4.99. The number of anilines is 1. The summed E-state index contributed by atoms with van der Waals surface area (Å²) >= 11 is 0. The second-order valence-corrected chi connectivity index (χ2v) is 7.04. The summed E-state index contributed by atoms with van der Waals surface area (Å²) in [5.41, 5.74) is 2.79. The molecule has 0 fully saturated rings. The molecule has 0 aliphatic carbocycles. The van der Waals surface area contributed by atoms with Gasteiger partial charge in [-0.15, -0.1) is 0 Å². The second kappa shape index (κ2) is 8.91. The highest BCUT2D eigenvalue weighted by atomic mass is 16.5. The molecular formula is C25H25NO4. The van der Waals surface area contributed by atoms with Crippen molar-refractivity contribution in [1.82, 2.24) is 0 Å². The number of carbonyl (C=O) groups is 1. The molecule has 0 bridgehead atoms. The molecule has 0 spiro atoms. The summed E-state index contributed by atoms with van der Waals surface area (Å²) in [5.74, 6) is 2.73. The lowest BCUT2D eigenvalue weighted by atomic mass is 9.84. The fourth-order valence-corrected chi connectivity index (χ4v) is 3.72. The third kappa shape index (κ3) is 4.25. The van der Waals surface area contributed by atoms with Crippen LogP contribution < -0.4 is 19.5 Å². The predicted molar refractivity (Wildman–Crippen MR) is 117 cm³/mol. The first-order valence-corrected chi connectivity index (χ1v) is 10.2. The van der Waals surface area contributed by atoms with E-state index in [1.165, 1.54) is 0 Å². The number of hydrogen-bond donors (Lipinski definition) is 1. The summed E-state index contributed by atoms with van der Waals surface area (Å²) in [6, 6.07) is 21.4. The van der Waals surface area contributed by atoms with Gasteiger partial charge in [-0.05, 0) is 55.3 Å². The SMILES string of the molecule is CCOc1cc2c(cc1OCC)[C@@H](c1cccc(Oc3ccccc3)c1)CC(=O)N2. The van der Waals surface area contributed by atoms with Gasteiger partial charge in [-0.2, -0.15) is 0 Å². The van der Waals surface area contributed by atoms with Crippen molar-refractivity contribution in [3.05, 3.63) is 77.9 Å². The Morgan fingerprint density at radius 2 is 1.57 bits per heavy atom. The van der Waals surface area contributed by atoms with Gasteiger partial charge in [0, 0.05) is 24.1 Å². The second-order valence-electron chi connectivity index (χ2n) is 7.04. The van der Waals surface area contributed by atoms with Crippen LogP contribution in [0.15, 0.2) is 66.7 Å². The van der Waals surface area contributed by atoms with Gasteiger partial charge < -0.3 is 19.5 Å². The number of rotatable bonds is 7. The molecule has 0 aromatic heterocycles. The van der Waals surface area contributed by atoms with Crippen LogP contribution in [-0.2, 0) is 4.79 Å². The number of fused-ring (bicyclic) bond motifs is 1. The Kier molecular flexibility index (Phi) is 5.89. The third-order valence-corrected chi connectivity index (χ3v) is 4.99. The van der Waals surface area contributed by atoms with Crippen molar-refractivity contribution < 1.29 is 19.0 Å². The fraction of sp³-hybridized carbons (Fsp3) is 0.240. The van der Waals surface area contributed by atoms with Gasteiger partial charge in [0.1, 0.15) is 11.5 Å². The lowest BCUT2D eigenvalue weighted by Crippen LogP contribution is -2.23. The highest BCUT2D eigenvalue weighted by Gasteiger charge is 2.29. The van der Waals surface area contributed by atoms with E-state index in [-0.39, 0.29) is 11.8 Å². The minimum Gasteiger partial charge on any atom is -0.490 e. The van der Waals surface area contributed by atoms with E-state index in [1.54, 1.807) is 0 Å². The van der Waals surface area contributed by atoms with Crippen LogP contribution in [0.2, 0.25) is 0 Å². The molecule has 5 nitrogen and oxygen atoms in total. The van der Waals surface area contributed by atoms with Crippen LogP contribution in [-0.4, -0.2) is 19.1 Å². The quantitative estimate of drug-likeness (QED) is 0.546. The van der Waals surface area contributed by atoms with Gasteiger partial charge in [-0.3, -0.25) is 4.79 Å². The van der Waals surface area contributed by atoms with Gasteiger partial charge >= 0.3 is 0 Å². The molecule has 5 heteroatoms. The number of carbonyl (C=O) groups excluding carboxylic acids is 1. The van der Waals surface area contributed by atoms with E-state index >= 15 is 0 Å². The van der Waals surface area contributed by atoms with Crippen molar-refractivity contribution in [2.75, 3.05) is 18.5 Å². The lowest BCUT2D eigenvalue weighted by molar-refractivity contribution is -0.116. The summed E-state index contributed by atoms with van der Waals surface area (Å²) in [5, 5.41) is 2.98. The molecule has 0 saturated carbocycles. The zero-order valence-corrected chi connectivity index (χ0v) is 17.2. The van der Waals surface area contributed by atoms with Gasteiger partial charge in [0.2, 0.25) is 5.91 Å². The first-order valence-electron chi connectivity index (χ1n) is 10.2. The van der Waals surface area contributed by atoms with Crippen molar-refractivity contribution in [2.45, 2.75) is 26.2 Å². The highest BCUT2D eigenvalue weighted by Crippen LogP contribution is 2.43. The van der Waals surface area contributed by atoms with E-state index in [9.17, 15) is 4.79 Å². The average molecular weight is 403 g/mol. The standard InChI is InChI=1S/C25H25NO4/c1-3-28-23-14-21-20(15-25(27)26-22(21)16-24(23)29-4-2)17-9-8-12-19(13-17)30-18-10-6-5-7-11-18/h5-14,16,20H,3-4,15H2,1-2H3,(H,26,27)/t20-/m1/s1. The van der Waals surface area contributed by atoms with Crippen LogP contribution in [0.5, 0.6) is 23.0 Å². The molecule has 3 aromatic rings. The number of amides is 1. The minimum absolute atomic E-state index is 0.0199. The predicted octanol–water partition coefficient (Wildman–Crippen LogP) is 5.75. The van der Waals surface area contributed by atoms with Crippen LogP contribution in [0.1, 0.15) is 37.3 Å². The zero-order valence-electron chi connectivity index (χ0n) is 17.2. The van der Waals surface area contributed by atoms with Crippen molar-refractivity contribution in [2.24, 2.45) is 0 Å². The first kappa shape index (κ1) is 19.8. The Balaban J connectivity index is 1.71. The Morgan fingerprint density at radius 1 is 0.867 bits per heavy atom. The van der Waals surface area contributed by atoms with Crippen LogP contribution in [0, 0.1) is 0 Å². The van der Waals surface area contributed by atoms with Crippen LogP contribution in [0.3, 0.4) is 0 Å². The smallest absolute Gasteiger partial charge is 0.225 e. The van der Waals surface area contributed by atoms with Gasteiger partial charge in [0.15, 0.2) is 11.5 Å². The van der Waals surface area contributed by atoms with Crippen molar-refractivity contribution in [3.8, 4) is 23.0 Å². The average Bonchev–Trinajstić information content (AvgIpc) is 2.75. The van der Waals surface area contributed by atoms with Crippen LogP contribution in [0.25, 0.3) is 0 Å². The van der Waals surface area contributed by atoms with E-state index in [2.05, 4.69) is 5.32 Å². The summed E-state index contributed by atoms with van der Waals surface area (Å²) in [4.78, 5) is 12.5. The Hall–Kier alpha value is -3.47. The van der Waals surface area contributed by atoms with E-state index in [1.807, 2.05) is 80.6 Å². The monoisotopic (exact) mass is 403 g/mol. The molecule has 1 N–H and O–H groups in total. The number of ether oxygens (including phenoxy) is 3. The maximum atomic E-state index is 12.5. The Bertz CT molecular complexity index is 1030. The summed E-state index contributed by atoms with van der Waals surface area (Å²) in [7, 11) is 0. The van der Waals surface area contributed by atoms with Crippen LogP contribution in [0.4, 0.5) is 5.69 Å². The summed E-state index contributed by atoms with van der Waals surface area (Å²) in [6.45, 7) is 4.93. The first-order chi connectivity index (χ1) is 14.7. The van der Waals surface area contributed by atoms with Crippen molar-refractivity contribution in [3.63, 3.8) is 0 Å². The molecule has 1 amide bonds. The Labute approximate surface area is 176 Å². The number of para-hydroxylation sites is 1. The van der Waals surface area contributed by atoms with Gasteiger partial charge in [0.05, 0.1) is 13.2 Å². The molecule has 0 radical (unpaired) electrons. The number of benzene rings is 3. The number of hydrogen-bond acceptors (Lipinski definition) is 4. The fourth-order valence-electron chi connectivity index (χ4n) is 3.72. The largest absolute Gasteiger partial charge is 0.490 e. The van der Waals surface area contributed by atoms with E-state index in [0.717, 1.165) is 28.3 Å². The van der Waals surface area contributed by atoms with Gasteiger partial charge in [-0.1, -0.05) is 30.3 Å². The van der Waals surface area contributed by atoms with Crippen molar-refractivity contribution >= 4 is 11.6 Å². The lowest BCUT2D eigenvalue weighted by Gasteiger charge is -2.28. The normalized spacial score (nSPS) is 15.1. The maximum Gasteiger partial charge on any atom is 0.225 e. The molecule has 1 heterocycles. The molecule has 1 aliphatic heterocycles. The van der Waals surface area contributed by atoms with Crippen LogP contribution >= 0.6 is 0 Å². The Morgan fingerprint density at radius 3 is 2.30 bits per heavy atom. The topological polar surface area (TPSA) is 56.8 Å². The highest BCUT2D eigenvalue weighted by molar-refractivity contribution is 5.96. The zero-order chi connectivity index (χ0) is 20.9. The van der Waals surface area contributed by atoms with Gasteiger partial charge in [-0.25, -0.2) is 0 Å². The molecule has 4 rings (SSSR count).